The zero-order valence-corrected chi connectivity index (χ0v) is 20.0. The van der Waals surface area contributed by atoms with E-state index in [1.54, 1.807) is 30.3 Å². The van der Waals surface area contributed by atoms with Gasteiger partial charge in [-0.05, 0) is 67.2 Å². The van der Waals surface area contributed by atoms with Gasteiger partial charge in [-0.1, -0.05) is 26.0 Å². The minimum atomic E-state index is -1.43. The van der Waals surface area contributed by atoms with Gasteiger partial charge in [0.15, 0.2) is 0 Å². The van der Waals surface area contributed by atoms with Gasteiger partial charge in [0.25, 0.3) is 11.8 Å². The molecule has 0 aliphatic carbocycles. The lowest BCUT2D eigenvalue weighted by Gasteiger charge is -2.18. The van der Waals surface area contributed by atoms with Gasteiger partial charge in [-0.15, -0.1) is 0 Å². The maximum Gasteiger partial charge on any atom is 0.266 e. The predicted octanol–water partition coefficient (Wildman–Crippen LogP) is 4.94. The van der Waals surface area contributed by atoms with Crippen molar-refractivity contribution in [2.24, 2.45) is 10.3 Å². The van der Waals surface area contributed by atoms with Crippen LogP contribution in [0.1, 0.15) is 67.4 Å². The third-order valence-corrected chi connectivity index (χ3v) is 6.51. The highest BCUT2D eigenvalue weighted by molar-refractivity contribution is 9.10. The number of benzene rings is 1. The van der Waals surface area contributed by atoms with Crippen molar-refractivity contribution in [1.82, 2.24) is 4.98 Å². The minimum absolute atomic E-state index is 0.283. The van der Waals surface area contributed by atoms with Gasteiger partial charge in [-0.25, -0.2) is 9.11 Å². The Balaban J connectivity index is 2.00. The number of carbonyl (C=O) groups excluding carboxylic acids is 2. The second kappa shape index (κ2) is 8.51. The Kier molecular flexibility index (Phi) is 6.38. The van der Waals surface area contributed by atoms with E-state index in [-0.39, 0.29) is 17.7 Å². The van der Waals surface area contributed by atoms with Gasteiger partial charge < -0.3 is 0 Å². The van der Waals surface area contributed by atoms with Crippen molar-refractivity contribution in [1.29, 1.82) is 0 Å². The summed E-state index contributed by atoms with van der Waals surface area (Å²) in [6, 6.07) is 8.42. The van der Waals surface area contributed by atoms with E-state index in [2.05, 4.69) is 39.2 Å². The zero-order valence-electron chi connectivity index (χ0n) is 17.6. The van der Waals surface area contributed by atoms with E-state index in [1.807, 2.05) is 20.8 Å². The Bertz CT molecular complexity index is 1040. The van der Waals surface area contributed by atoms with E-state index < -0.39 is 15.7 Å². The summed E-state index contributed by atoms with van der Waals surface area (Å²) in [6.45, 7) is 9.71. The van der Waals surface area contributed by atoms with Crippen LogP contribution in [0.3, 0.4) is 0 Å². The highest BCUT2D eigenvalue weighted by atomic mass is 79.9. The maximum absolute atomic E-state index is 12.7. The summed E-state index contributed by atoms with van der Waals surface area (Å²) in [7, 11) is -1.43. The molecule has 0 N–H and O–H groups in total. The van der Waals surface area contributed by atoms with Crippen LogP contribution in [0.4, 0.5) is 5.69 Å². The first-order chi connectivity index (χ1) is 14.0. The minimum Gasteiger partial charge on any atom is -0.268 e. The molecule has 0 saturated heterocycles. The number of pyridine rings is 1. The topological polar surface area (TPSA) is 79.7 Å². The van der Waals surface area contributed by atoms with Gasteiger partial charge in [-0.2, -0.15) is 4.40 Å². The molecule has 0 spiro atoms. The maximum atomic E-state index is 12.7. The molecule has 2 amide bonds. The number of hydrogen-bond donors (Lipinski definition) is 0. The van der Waals surface area contributed by atoms with Crippen LogP contribution >= 0.6 is 15.9 Å². The number of fused-ring (bicyclic) bond motifs is 1. The van der Waals surface area contributed by atoms with E-state index in [9.17, 15) is 13.8 Å². The molecule has 0 fully saturated rings. The van der Waals surface area contributed by atoms with Crippen LogP contribution in [-0.4, -0.2) is 31.5 Å². The summed E-state index contributed by atoms with van der Waals surface area (Å²) in [5.74, 6) is -0.464. The first-order valence-corrected chi connectivity index (χ1v) is 11.5. The van der Waals surface area contributed by atoms with Crippen molar-refractivity contribution in [2.45, 2.75) is 45.8 Å². The lowest BCUT2D eigenvalue weighted by molar-refractivity contribution is 0.0926. The number of imide groups is 1. The summed E-state index contributed by atoms with van der Waals surface area (Å²) in [6.07, 6.45) is 2.08. The summed E-state index contributed by atoms with van der Waals surface area (Å²) >= 11 is 3.51. The molecule has 30 heavy (non-hydrogen) atoms. The van der Waals surface area contributed by atoms with Crippen LogP contribution in [0.25, 0.3) is 0 Å². The lowest BCUT2D eigenvalue weighted by atomic mass is 10.0. The summed E-state index contributed by atoms with van der Waals surface area (Å²) in [4.78, 5) is 31.1. The fourth-order valence-electron chi connectivity index (χ4n) is 2.99. The van der Waals surface area contributed by atoms with Crippen LogP contribution in [0.5, 0.6) is 0 Å². The summed E-state index contributed by atoms with van der Waals surface area (Å²) < 4.78 is 17.2. The number of carbonyl (C=O) groups is 2. The van der Waals surface area contributed by atoms with Crippen molar-refractivity contribution < 1.29 is 13.8 Å². The molecule has 2 heterocycles. The van der Waals surface area contributed by atoms with Gasteiger partial charge in [0.2, 0.25) is 0 Å². The molecule has 8 heteroatoms. The second-order valence-electron chi connectivity index (χ2n) is 8.51. The molecule has 3 rings (SSSR count). The van der Waals surface area contributed by atoms with Crippen LogP contribution in [0, 0.1) is 5.92 Å². The average molecular weight is 490 g/mol. The van der Waals surface area contributed by atoms with E-state index in [4.69, 9.17) is 0 Å². The van der Waals surface area contributed by atoms with Crippen LogP contribution in [0.15, 0.2) is 45.4 Å². The van der Waals surface area contributed by atoms with Crippen molar-refractivity contribution in [3.05, 3.63) is 57.8 Å². The molecule has 1 aromatic carbocycles. The SMILES string of the molecule is CC(C)CC(=NS(=O)C(C)(C)C)c1ncc(N2C(=O)c3ccccc3C2=O)cc1Br. The zero-order chi connectivity index (χ0) is 22.2. The Morgan fingerprint density at radius 1 is 1.17 bits per heavy atom. The molecule has 1 aliphatic heterocycles. The first-order valence-electron chi connectivity index (χ1n) is 9.64. The fourth-order valence-corrected chi connectivity index (χ4v) is 4.19. The van der Waals surface area contributed by atoms with E-state index >= 15 is 0 Å². The smallest absolute Gasteiger partial charge is 0.266 e. The number of halogens is 1. The number of aromatic nitrogens is 1. The quantitative estimate of drug-likeness (QED) is 0.439. The molecular weight excluding hydrogens is 466 g/mol. The fraction of sp³-hybridized carbons (Fsp3) is 0.364. The highest BCUT2D eigenvalue weighted by Crippen LogP contribution is 2.31. The first kappa shape index (κ1) is 22.5. The van der Waals surface area contributed by atoms with Gasteiger partial charge >= 0.3 is 0 Å². The molecular formula is C22H24BrN3O3S. The van der Waals surface area contributed by atoms with E-state index in [0.29, 0.717) is 39.1 Å². The number of amides is 2. The largest absolute Gasteiger partial charge is 0.268 e. The summed E-state index contributed by atoms with van der Waals surface area (Å²) in [5.41, 5.74) is 2.31. The third kappa shape index (κ3) is 4.44. The number of rotatable bonds is 5. The van der Waals surface area contributed by atoms with Crippen molar-refractivity contribution in [3.63, 3.8) is 0 Å². The highest BCUT2D eigenvalue weighted by Gasteiger charge is 2.36. The van der Waals surface area contributed by atoms with Gasteiger partial charge in [0.1, 0.15) is 11.0 Å². The standard InChI is InChI=1S/C22H24BrN3O3S/c1-13(2)10-18(25-30(29)22(3,4)5)19-17(23)11-14(12-24-19)26-20(27)15-8-6-7-9-16(15)21(26)28/h6-9,11-13H,10H2,1-5H3. The van der Waals surface area contributed by atoms with Gasteiger partial charge in [-0.3, -0.25) is 14.6 Å². The molecule has 0 radical (unpaired) electrons. The number of hydrogen-bond acceptors (Lipinski definition) is 4. The van der Waals surface area contributed by atoms with Crippen molar-refractivity contribution >= 4 is 50.1 Å². The molecule has 2 aromatic rings. The molecule has 1 aliphatic rings. The Morgan fingerprint density at radius 3 is 2.20 bits per heavy atom. The molecule has 6 nitrogen and oxygen atoms in total. The molecule has 1 unspecified atom stereocenters. The Morgan fingerprint density at radius 2 is 1.73 bits per heavy atom. The average Bonchev–Trinajstić information content (AvgIpc) is 2.91. The Labute approximate surface area is 187 Å². The molecule has 0 saturated carbocycles. The normalized spacial score (nSPS) is 15.7. The lowest BCUT2D eigenvalue weighted by Crippen LogP contribution is -2.29. The molecule has 1 aromatic heterocycles. The van der Waals surface area contributed by atoms with Crippen LogP contribution in [0.2, 0.25) is 0 Å². The van der Waals surface area contributed by atoms with Crippen molar-refractivity contribution in [2.75, 3.05) is 4.90 Å². The van der Waals surface area contributed by atoms with E-state index in [1.165, 1.54) is 6.20 Å². The number of nitrogens with zero attached hydrogens (tertiary/aromatic N) is 3. The third-order valence-electron chi connectivity index (χ3n) is 4.47. The second-order valence-corrected chi connectivity index (χ2v) is 11.3. The Hall–Kier alpha value is -2.19. The van der Waals surface area contributed by atoms with Crippen molar-refractivity contribution in [3.8, 4) is 0 Å². The van der Waals surface area contributed by atoms with Gasteiger partial charge in [0.05, 0.1) is 39.2 Å². The van der Waals surface area contributed by atoms with Crippen LogP contribution < -0.4 is 4.90 Å². The molecule has 158 valence electrons. The monoisotopic (exact) mass is 489 g/mol. The molecule has 0 bridgehead atoms. The number of anilines is 1. The molecule has 1 atom stereocenters. The summed E-state index contributed by atoms with van der Waals surface area (Å²) in [5, 5.41) is 0. The van der Waals surface area contributed by atoms with Crippen LogP contribution in [-0.2, 0) is 11.0 Å². The predicted molar refractivity (Wildman–Crippen MR) is 123 cm³/mol. The van der Waals surface area contributed by atoms with Gasteiger partial charge in [0, 0.05) is 4.47 Å². The van der Waals surface area contributed by atoms with E-state index in [0.717, 1.165) is 4.90 Å².